The van der Waals surface area contributed by atoms with Crippen molar-refractivity contribution >= 4 is 43.0 Å². The molecule has 8 heteroatoms. The maximum Gasteiger partial charge on any atom is 0.265 e. The van der Waals surface area contributed by atoms with Crippen LogP contribution >= 0.6 is 11.3 Å². The maximum absolute atomic E-state index is 13.3. The Kier molecular flexibility index (Phi) is 4.59. The van der Waals surface area contributed by atoms with E-state index in [0.29, 0.717) is 16.0 Å². The Hall–Kier alpha value is -2.29. The van der Waals surface area contributed by atoms with Gasteiger partial charge in [0.25, 0.3) is 5.91 Å². The van der Waals surface area contributed by atoms with Crippen molar-refractivity contribution in [3.8, 4) is 0 Å². The molecule has 0 aliphatic heterocycles. The molecule has 1 N–H and O–H groups in total. The van der Waals surface area contributed by atoms with Crippen molar-refractivity contribution < 1.29 is 17.6 Å². The summed E-state index contributed by atoms with van der Waals surface area (Å²) in [6, 6.07) is 12.0. The molecule has 3 rings (SSSR count). The van der Waals surface area contributed by atoms with Gasteiger partial charge in [-0.3, -0.25) is 4.79 Å². The molecule has 0 saturated heterocycles. The van der Waals surface area contributed by atoms with Crippen LogP contribution in [0.1, 0.15) is 9.67 Å². The van der Waals surface area contributed by atoms with E-state index in [-0.39, 0.29) is 16.6 Å². The van der Waals surface area contributed by atoms with Gasteiger partial charge < -0.3 is 5.32 Å². The summed E-state index contributed by atoms with van der Waals surface area (Å²) in [5.74, 6) is -0.736. The Labute approximate surface area is 148 Å². The molecule has 3 aromatic rings. The van der Waals surface area contributed by atoms with Crippen molar-refractivity contribution in [1.82, 2.24) is 4.31 Å². The zero-order valence-corrected chi connectivity index (χ0v) is 15.1. The first kappa shape index (κ1) is 17.5. The smallest absolute Gasteiger partial charge is 0.265 e. The van der Waals surface area contributed by atoms with E-state index in [2.05, 4.69) is 5.32 Å². The molecule has 5 nitrogen and oxygen atoms in total. The number of nitrogens with one attached hydrogen (secondary N) is 1. The number of fused-ring (bicyclic) bond motifs is 1. The van der Waals surface area contributed by atoms with Crippen LogP contribution < -0.4 is 5.32 Å². The molecule has 1 aromatic heterocycles. The van der Waals surface area contributed by atoms with Gasteiger partial charge in [0, 0.05) is 24.5 Å². The molecule has 0 atom stereocenters. The fourth-order valence-corrected chi connectivity index (χ4v) is 4.15. The highest BCUT2D eigenvalue weighted by molar-refractivity contribution is 7.89. The minimum absolute atomic E-state index is 0.0914. The average Bonchev–Trinajstić information content (AvgIpc) is 2.98. The minimum atomic E-state index is -3.58. The van der Waals surface area contributed by atoms with E-state index in [1.54, 1.807) is 24.3 Å². The molecule has 1 heterocycles. The van der Waals surface area contributed by atoms with Crippen LogP contribution in [0.2, 0.25) is 0 Å². The van der Waals surface area contributed by atoms with Crippen LogP contribution in [0.15, 0.2) is 53.4 Å². The molecule has 0 aliphatic rings. The number of benzene rings is 2. The second-order valence-electron chi connectivity index (χ2n) is 5.56. The van der Waals surface area contributed by atoms with Crippen molar-refractivity contribution in [2.24, 2.45) is 0 Å². The van der Waals surface area contributed by atoms with Crippen LogP contribution in [-0.4, -0.2) is 32.7 Å². The van der Waals surface area contributed by atoms with Gasteiger partial charge in [0.05, 0.1) is 9.77 Å². The zero-order chi connectivity index (χ0) is 18.2. The molecule has 0 aliphatic carbocycles. The Morgan fingerprint density at radius 1 is 1.12 bits per heavy atom. The number of halogens is 1. The lowest BCUT2D eigenvalue weighted by molar-refractivity contribution is 0.103. The highest BCUT2D eigenvalue weighted by Gasteiger charge is 2.18. The van der Waals surface area contributed by atoms with Gasteiger partial charge in [0.1, 0.15) is 5.82 Å². The molecule has 0 fully saturated rings. The Morgan fingerprint density at radius 2 is 1.88 bits per heavy atom. The van der Waals surface area contributed by atoms with Crippen molar-refractivity contribution in [3.63, 3.8) is 0 Å². The number of hydrogen-bond donors (Lipinski definition) is 1. The zero-order valence-electron chi connectivity index (χ0n) is 13.5. The predicted octanol–water partition coefficient (Wildman–Crippen LogP) is 3.54. The van der Waals surface area contributed by atoms with Gasteiger partial charge in [-0.2, -0.15) is 0 Å². The minimum Gasteiger partial charge on any atom is -0.321 e. The molecule has 2 aromatic carbocycles. The van der Waals surface area contributed by atoms with Crippen LogP contribution in [0.4, 0.5) is 10.1 Å². The summed E-state index contributed by atoms with van der Waals surface area (Å²) >= 11 is 1.24. The number of thiophene rings is 1. The summed E-state index contributed by atoms with van der Waals surface area (Å²) in [5, 5.41) is 3.33. The van der Waals surface area contributed by atoms with Gasteiger partial charge >= 0.3 is 0 Å². The summed E-state index contributed by atoms with van der Waals surface area (Å²) in [5.41, 5.74) is 0.372. The second kappa shape index (κ2) is 6.55. The monoisotopic (exact) mass is 378 g/mol. The lowest BCUT2D eigenvalue weighted by atomic mass is 10.2. The summed E-state index contributed by atoms with van der Waals surface area (Å²) in [7, 11) is -0.699. The normalized spacial score (nSPS) is 11.8. The standard InChI is InChI=1S/C17H15FN2O3S2/c1-20(2)25(22,23)14-5-3-4-13(10-14)19-17(21)16-9-11-8-12(18)6-7-15(11)24-16/h3-10H,1-2H3,(H,19,21). The predicted molar refractivity (Wildman–Crippen MR) is 97.1 cm³/mol. The van der Waals surface area contributed by atoms with Gasteiger partial charge in [-0.15, -0.1) is 11.3 Å². The van der Waals surface area contributed by atoms with Gasteiger partial charge in [0.15, 0.2) is 0 Å². The first-order chi connectivity index (χ1) is 11.8. The first-order valence-electron chi connectivity index (χ1n) is 7.30. The van der Waals surface area contributed by atoms with E-state index in [4.69, 9.17) is 0 Å². The van der Waals surface area contributed by atoms with Gasteiger partial charge in [-0.25, -0.2) is 17.1 Å². The third-order valence-corrected chi connectivity index (χ3v) is 6.50. The number of carbonyl (C=O) groups excluding carboxylic acids is 1. The fraction of sp³-hybridized carbons (Fsp3) is 0.118. The number of carbonyl (C=O) groups is 1. The van der Waals surface area contributed by atoms with E-state index >= 15 is 0 Å². The molecule has 0 bridgehead atoms. The van der Waals surface area contributed by atoms with Gasteiger partial charge in [-0.05, 0) is 47.9 Å². The number of rotatable bonds is 4. The van der Waals surface area contributed by atoms with Crippen LogP contribution in [0.25, 0.3) is 10.1 Å². The van der Waals surface area contributed by atoms with E-state index in [0.717, 1.165) is 9.01 Å². The molecule has 1 amide bonds. The number of amides is 1. The van der Waals surface area contributed by atoms with E-state index < -0.39 is 10.0 Å². The molecular weight excluding hydrogens is 363 g/mol. The largest absolute Gasteiger partial charge is 0.321 e. The second-order valence-corrected chi connectivity index (χ2v) is 8.80. The highest BCUT2D eigenvalue weighted by Crippen LogP contribution is 2.27. The number of nitrogens with zero attached hydrogens (tertiary/aromatic N) is 1. The quantitative estimate of drug-likeness (QED) is 0.755. The number of anilines is 1. The fourth-order valence-electron chi connectivity index (χ4n) is 2.26. The third kappa shape index (κ3) is 3.55. The summed E-state index contributed by atoms with van der Waals surface area (Å²) in [6.45, 7) is 0. The molecule has 0 unspecified atom stereocenters. The average molecular weight is 378 g/mol. The van der Waals surface area contributed by atoms with Crippen molar-refractivity contribution in [2.45, 2.75) is 4.90 Å². The summed E-state index contributed by atoms with van der Waals surface area (Å²) in [4.78, 5) is 12.9. The van der Waals surface area contributed by atoms with Crippen LogP contribution in [-0.2, 0) is 10.0 Å². The first-order valence-corrected chi connectivity index (χ1v) is 9.56. The van der Waals surface area contributed by atoms with Crippen molar-refractivity contribution in [1.29, 1.82) is 0 Å². The summed E-state index contributed by atoms with van der Waals surface area (Å²) < 4.78 is 39.5. The molecule has 0 spiro atoms. The van der Waals surface area contributed by atoms with Crippen LogP contribution in [0.5, 0.6) is 0 Å². The molecule has 130 valence electrons. The molecular formula is C17H15FN2O3S2. The lowest BCUT2D eigenvalue weighted by Crippen LogP contribution is -2.22. The van der Waals surface area contributed by atoms with E-state index in [1.807, 2.05) is 0 Å². The van der Waals surface area contributed by atoms with E-state index in [9.17, 15) is 17.6 Å². The SMILES string of the molecule is CN(C)S(=O)(=O)c1cccc(NC(=O)c2cc3cc(F)ccc3s2)c1. The van der Waals surface area contributed by atoms with Gasteiger partial charge in [0.2, 0.25) is 10.0 Å². The van der Waals surface area contributed by atoms with E-state index in [1.165, 1.54) is 49.7 Å². The number of sulfonamides is 1. The third-order valence-electron chi connectivity index (χ3n) is 3.57. The maximum atomic E-state index is 13.3. The van der Waals surface area contributed by atoms with Crippen molar-refractivity contribution in [3.05, 3.63) is 59.2 Å². The Morgan fingerprint density at radius 3 is 2.60 bits per heavy atom. The van der Waals surface area contributed by atoms with Gasteiger partial charge in [-0.1, -0.05) is 6.07 Å². The van der Waals surface area contributed by atoms with Crippen LogP contribution in [0, 0.1) is 5.82 Å². The lowest BCUT2D eigenvalue weighted by Gasteiger charge is -2.12. The van der Waals surface area contributed by atoms with Crippen molar-refractivity contribution in [2.75, 3.05) is 19.4 Å². The topological polar surface area (TPSA) is 66.5 Å². The van der Waals surface area contributed by atoms with Crippen LogP contribution in [0.3, 0.4) is 0 Å². The molecule has 25 heavy (non-hydrogen) atoms. The Balaban J connectivity index is 1.87. The highest BCUT2D eigenvalue weighted by atomic mass is 32.2. The summed E-state index contributed by atoms with van der Waals surface area (Å²) in [6.07, 6.45) is 0. The molecule has 0 saturated carbocycles. The Bertz CT molecular complexity index is 1060. The number of hydrogen-bond acceptors (Lipinski definition) is 4. The molecule has 0 radical (unpaired) electrons.